The number of fused-ring (bicyclic) bond motifs is 3. The number of rotatable bonds is 8. The van der Waals surface area contributed by atoms with Gasteiger partial charge in [0.25, 0.3) is 0 Å². The third-order valence-electron chi connectivity index (χ3n) is 4.85. The lowest BCUT2D eigenvalue weighted by Crippen LogP contribution is -2.64. The molecule has 2 aliphatic rings. The predicted octanol–water partition coefficient (Wildman–Crippen LogP) is 2.60. The highest BCUT2D eigenvalue weighted by atomic mass is 79.9. The van der Waals surface area contributed by atoms with E-state index in [-0.39, 0.29) is 17.3 Å². The van der Waals surface area contributed by atoms with Crippen molar-refractivity contribution in [2.45, 2.75) is 50.5 Å². The van der Waals surface area contributed by atoms with E-state index in [1.165, 1.54) is 7.11 Å². The monoisotopic (exact) mass is 417 g/mol. The first-order valence-corrected chi connectivity index (χ1v) is 9.30. The van der Waals surface area contributed by atoms with Crippen LogP contribution in [-0.4, -0.2) is 43.7 Å². The van der Waals surface area contributed by atoms with Crippen LogP contribution < -0.4 is 10.2 Å². The Balaban J connectivity index is 2.01. The van der Waals surface area contributed by atoms with E-state index in [0.717, 1.165) is 12.8 Å². The molecule has 25 heavy (non-hydrogen) atoms. The van der Waals surface area contributed by atoms with Crippen molar-refractivity contribution in [1.82, 2.24) is 4.57 Å². The largest absolute Gasteiger partial charge is 0.491 e. The first-order valence-electron chi connectivity index (χ1n) is 8.50. The van der Waals surface area contributed by atoms with Crippen molar-refractivity contribution >= 4 is 15.9 Å². The number of nitrogens with zero attached hydrogens (tertiary/aromatic N) is 1. The van der Waals surface area contributed by atoms with Gasteiger partial charge < -0.3 is 18.8 Å². The third kappa shape index (κ3) is 3.14. The zero-order chi connectivity index (χ0) is 18.0. The molecule has 1 saturated heterocycles. The molecule has 1 aromatic rings. The van der Waals surface area contributed by atoms with E-state index in [1.807, 2.05) is 4.57 Å². The van der Waals surface area contributed by atoms with Gasteiger partial charge >= 0.3 is 0 Å². The Bertz CT molecular complexity index is 678. The van der Waals surface area contributed by atoms with Crippen molar-refractivity contribution in [3.05, 3.63) is 26.6 Å². The van der Waals surface area contributed by atoms with Gasteiger partial charge in [-0.25, -0.2) is 9.78 Å². The van der Waals surface area contributed by atoms with E-state index in [4.69, 9.17) is 24.0 Å². The van der Waals surface area contributed by atoms with Crippen LogP contribution in [0.2, 0.25) is 0 Å². The van der Waals surface area contributed by atoms with Crippen LogP contribution in [0.4, 0.5) is 0 Å². The van der Waals surface area contributed by atoms with Crippen molar-refractivity contribution in [3.8, 4) is 5.75 Å². The van der Waals surface area contributed by atoms with E-state index in [9.17, 15) is 4.79 Å². The highest BCUT2D eigenvalue weighted by molar-refractivity contribution is 9.10. The standard InChI is InChI=1S/C17H24BrNO6/c1-4-5-7-23-12-10-19-9-11(18)14(20)15(22-3)13(19)16-17(12,25-24-16)6-8-21-2/h9,12,16H,4-8,10H2,1-3H3. The number of halogens is 1. The van der Waals surface area contributed by atoms with E-state index >= 15 is 0 Å². The smallest absolute Gasteiger partial charge is 0.237 e. The second-order valence-corrected chi connectivity index (χ2v) is 7.20. The lowest BCUT2D eigenvalue weighted by atomic mass is 9.80. The summed E-state index contributed by atoms with van der Waals surface area (Å²) in [5.74, 6) is 0.275. The fourth-order valence-corrected chi connectivity index (χ4v) is 3.88. The number of pyridine rings is 1. The van der Waals surface area contributed by atoms with Crippen molar-refractivity contribution in [2.75, 3.05) is 27.4 Å². The van der Waals surface area contributed by atoms with Crippen molar-refractivity contribution in [2.24, 2.45) is 0 Å². The molecule has 3 atom stereocenters. The molecule has 3 unspecified atom stereocenters. The maximum atomic E-state index is 12.4. The van der Waals surface area contributed by atoms with Gasteiger partial charge in [0.1, 0.15) is 11.8 Å². The second-order valence-electron chi connectivity index (χ2n) is 6.35. The molecule has 140 valence electrons. The summed E-state index contributed by atoms with van der Waals surface area (Å²) in [7, 11) is 3.14. The summed E-state index contributed by atoms with van der Waals surface area (Å²) in [5, 5.41) is 0. The molecule has 0 aromatic carbocycles. The molecule has 1 fully saturated rings. The lowest BCUT2D eigenvalue weighted by molar-refractivity contribution is -0.539. The minimum atomic E-state index is -0.669. The Labute approximate surface area is 155 Å². The number of methoxy groups -OCH3 is 2. The quantitative estimate of drug-likeness (QED) is 0.478. The van der Waals surface area contributed by atoms with Gasteiger partial charge in [0, 0.05) is 32.9 Å². The molecule has 0 saturated carbocycles. The van der Waals surface area contributed by atoms with Gasteiger partial charge in [-0.2, -0.15) is 0 Å². The first kappa shape index (κ1) is 18.8. The minimum absolute atomic E-state index is 0.195. The molecule has 7 nitrogen and oxygen atoms in total. The average molecular weight is 418 g/mol. The third-order valence-corrected chi connectivity index (χ3v) is 5.42. The highest BCUT2D eigenvalue weighted by Gasteiger charge is 2.62. The maximum absolute atomic E-state index is 12.4. The Morgan fingerprint density at radius 3 is 2.80 bits per heavy atom. The van der Waals surface area contributed by atoms with Crippen molar-refractivity contribution in [3.63, 3.8) is 0 Å². The van der Waals surface area contributed by atoms with Crippen LogP contribution in [0.5, 0.6) is 5.75 Å². The van der Waals surface area contributed by atoms with E-state index in [0.29, 0.717) is 36.3 Å². The summed E-state index contributed by atoms with van der Waals surface area (Å²) in [4.78, 5) is 23.5. The number of aromatic nitrogens is 1. The van der Waals surface area contributed by atoms with Crippen LogP contribution in [0.1, 0.15) is 38.0 Å². The van der Waals surface area contributed by atoms with Gasteiger partial charge in [-0.05, 0) is 22.4 Å². The molecule has 2 aliphatic heterocycles. The van der Waals surface area contributed by atoms with Crippen LogP contribution in [0, 0.1) is 0 Å². The van der Waals surface area contributed by atoms with E-state index in [2.05, 4.69) is 22.9 Å². The van der Waals surface area contributed by atoms with Crippen LogP contribution >= 0.6 is 15.9 Å². The molecular weight excluding hydrogens is 394 g/mol. The van der Waals surface area contributed by atoms with Gasteiger partial charge in [0.15, 0.2) is 17.5 Å². The van der Waals surface area contributed by atoms with Gasteiger partial charge in [-0.15, -0.1) is 0 Å². The molecule has 1 aromatic heterocycles. The van der Waals surface area contributed by atoms with Gasteiger partial charge in [0.2, 0.25) is 5.43 Å². The fourth-order valence-electron chi connectivity index (χ4n) is 3.45. The number of hydrogen-bond acceptors (Lipinski definition) is 6. The second kappa shape index (κ2) is 7.75. The van der Waals surface area contributed by atoms with E-state index in [1.54, 1.807) is 13.3 Å². The summed E-state index contributed by atoms with van der Waals surface area (Å²) < 4.78 is 19.2. The molecule has 3 rings (SSSR count). The molecule has 0 aliphatic carbocycles. The Hall–Kier alpha value is -0.930. The fraction of sp³-hybridized carbons (Fsp3) is 0.706. The molecule has 0 N–H and O–H groups in total. The summed E-state index contributed by atoms with van der Waals surface area (Å²) in [6, 6.07) is 0. The summed E-state index contributed by atoms with van der Waals surface area (Å²) in [6.07, 6.45) is 3.78. The molecule has 3 heterocycles. The van der Waals surface area contributed by atoms with Gasteiger partial charge in [0.05, 0.1) is 18.1 Å². The van der Waals surface area contributed by atoms with Crippen molar-refractivity contribution < 1.29 is 24.0 Å². The minimum Gasteiger partial charge on any atom is -0.491 e. The van der Waals surface area contributed by atoms with Crippen LogP contribution in [0.15, 0.2) is 15.5 Å². The van der Waals surface area contributed by atoms with Gasteiger partial charge in [-0.1, -0.05) is 13.3 Å². The number of unbranched alkanes of at least 4 members (excludes halogenated alkanes) is 1. The zero-order valence-electron chi connectivity index (χ0n) is 14.7. The Morgan fingerprint density at radius 1 is 1.40 bits per heavy atom. The van der Waals surface area contributed by atoms with Crippen LogP contribution in [-0.2, 0) is 25.8 Å². The highest BCUT2D eigenvalue weighted by Crippen LogP contribution is 2.53. The number of ether oxygens (including phenoxy) is 3. The summed E-state index contributed by atoms with van der Waals surface area (Å²) in [6.45, 7) is 3.84. The first-order chi connectivity index (χ1) is 12.1. The summed E-state index contributed by atoms with van der Waals surface area (Å²) in [5.41, 5.74) is -0.180. The maximum Gasteiger partial charge on any atom is 0.237 e. The molecule has 0 bridgehead atoms. The molecular formula is C17H24BrNO6. The Morgan fingerprint density at radius 2 is 2.20 bits per heavy atom. The molecule has 0 spiro atoms. The Kier molecular flexibility index (Phi) is 5.85. The number of hydrogen-bond donors (Lipinski definition) is 0. The zero-order valence-corrected chi connectivity index (χ0v) is 16.3. The normalized spacial score (nSPS) is 27.4. The van der Waals surface area contributed by atoms with Crippen molar-refractivity contribution in [1.29, 1.82) is 0 Å². The predicted molar refractivity (Wildman–Crippen MR) is 93.7 cm³/mol. The van der Waals surface area contributed by atoms with E-state index < -0.39 is 11.7 Å². The molecule has 0 radical (unpaired) electrons. The molecule has 8 heteroatoms. The van der Waals surface area contributed by atoms with Gasteiger partial charge in [-0.3, -0.25) is 4.79 Å². The van der Waals surface area contributed by atoms with Crippen LogP contribution in [0.3, 0.4) is 0 Å². The summed E-state index contributed by atoms with van der Waals surface area (Å²) >= 11 is 3.31. The average Bonchev–Trinajstić information content (AvgIpc) is 2.58. The lowest BCUT2D eigenvalue weighted by Gasteiger charge is -2.54. The SMILES string of the molecule is CCCCOC1Cn2cc(Br)c(=O)c(OC)c2C2OOC12CCOC. The molecule has 0 amide bonds. The van der Waals surface area contributed by atoms with Crippen LogP contribution in [0.25, 0.3) is 0 Å². The topological polar surface area (TPSA) is 68.2 Å².